The fourth-order valence-electron chi connectivity index (χ4n) is 4.91. The molecule has 0 unspecified atom stereocenters. The summed E-state index contributed by atoms with van der Waals surface area (Å²) in [5, 5.41) is 12.8. The highest BCUT2D eigenvalue weighted by atomic mass is 19.4. The molecule has 14 heteroatoms. The summed E-state index contributed by atoms with van der Waals surface area (Å²) in [4.78, 5) is 14.8. The number of fused-ring (bicyclic) bond motifs is 1. The van der Waals surface area contributed by atoms with Crippen LogP contribution in [-0.2, 0) is 12.7 Å². The highest BCUT2D eigenvalue weighted by Gasteiger charge is 2.34. The zero-order valence-corrected chi connectivity index (χ0v) is 23.2. The molecular weight excluding hydrogens is 576 g/mol. The van der Waals surface area contributed by atoms with Gasteiger partial charge < -0.3 is 19.5 Å². The average molecular weight is 604 g/mol. The Labute approximate surface area is 242 Å². The van der Waals surface area contributed by atoms with Gasteiger partial charge in [-0.25, -0.2) is 4.98 Å². The largest absolute Gasteiger partial charge is 0.573 e. The summed E-state index contributed by atoms with van der Waals surface area (Å²) in [6.07, 6.45) is -5.31. The Morgan fingerprint density at radius 1 is 1.02 bits per heavy atom. The maximum atomic E-state index is 13.5. The zero-order chi connectivity index (χ0) is 30.9. The van der Waals surface area contributed by atoms with Gasteiger partial charge in [0.1, 0.15) is 23.2 Å². The van der Waals surface area contributed by atoms with E-state index in [9.17, 15) is 31.6 Å². The van der Waals surface area contributed by atoms with Crippen LogP contribution in [0.15, 0.2) is 42.5 Å². The molecular formula is C29H27F6N7O. The van der Waals surface area contributed by atoms with E-state index in [1.165, 1.54) is 41.3 Å². The number of halogens is 6. The first-order valence-corrected chi connectivity index (χ1v) is 13.5. The van der Waals surface area contributed by atoms with Crippen molar-refractivity contribution in [3.63, 3.8) is 0 Å². The van der Waals surface area contributed by atoms with Gasteiger partial charge in [0.15, 0.2) is 11.5 Å². The number of aromatic nitrogens is 4. The SMILES string of the molecule is CN(C)c1ccc(OC(F)(F)F)c(-c2nc3nc(C#N)nc(NCCC4CCC4)c3n2Cc2ccc(C(F)(F)F)cc2)c1. The minimum absolute atomic E-state index is 0.00396. The molecule has 2 heterocycles. The highest BCUT2D eigenvalue weighted by Crippen LogP contribution is 2.39. The van der Waals surface area contributed by atoms with Crippen molar-refractivity contribution < 1.29 is 31.1 Å². The predicted octanol–water partition coefficient (Wildman–Crippen LogP) is 7.00. The summed E-state index contributed by atoms with van der Waals surface area (Å²) in [6.45, 7) is 0.426. The van der Waals surface area contributed by atoms with Crippen LogP contribution in [0.3, 0.4) is 0 Å². The molecule has 0 atom stereocenters. The van der Waals surface area contributed by atoms with Crippen LogP contribution in [-0.4, -0.2) is 46.5 Å². The maximum absolute atomic E-state index is 13.5. The monoisotopic (exact) mass is 603 g/mol. The van der Waals surface area contributed by atoms with E-state index >= 15 is 0 Å². The lowest BCUT2D eigenvalue weighted by molar-refractivity contribution is -0.274. The standard InChI is InChI=1S/C29H27F6N7O/c1-41(2)20-10-11-22(43-29(33,34)35)21(14-20)27-40-26-24(42(27)16-18-6-8-19(9-7-18)28(30,31)32)25(38-23(15-36)39-26)37-13-12-17-4-3-5-17/h6-11,14,17H,3-5,12-13,16H2,1-2H3,(H,37,38,39). The fraction of sp³-hybridized carbons (Fsp3) is 0.379. The third kappa shape index (κ3) is 6.76. The molecule has 1 N–H and O–H groups in total. The van der Waals surface area contributed by atoms with E-state index in [2.05, 4.69) is 25.0 Å². The van der Waals surface area contributed by atoms with E-state index < -0.39 is 23.9 Å². The van der Waals surface area contributed by atoms with Gasteiger partial charge in [-0.15, -0.1) is 13.2 Å². The van der Waals surface area contributed by atoms with Crippen molar-refractivity contribution in [2.24, 2.45) is 5.92 Å². The molecule has 0 bridgehead atoms. The van der Waals surface area contributed by atoms with Gasteiger partial charge in [-0.3, -0.25) is 0 Å². The smallest absolute Gasteiger partial charge is 0.405 e. The van der Waals surface area contributed by atoms with Crippen LogP contribution in [0.5, 0.6) is 5.75 Å². The zero-order valence-electron chi connectivity index (χ0n) is 23.2. The number of rotatable bonds is 9. The molecule has 0 amide bonds. The third-order valence-corrected chi connectivity index (χ3v) is 7.34. The van der Waals surface area contributed by atoms with Crippen LogP contribution in [0.4, 0.5) is 37.8 Å². The molecule has 0 radical (unpaired) electrons. The molecule has 0 saturated heterocycles. The summed E-state index contributed by atoms with van der Waals surface area (Å²) >= 11 is 0. The summed E-state index contributed by atoms with van der Waals surface area (Å²) in [6, 6.07) is 10.4. The van der Waals surface area contributed by atoms with Crippen molar-refractivity contribution in [2.45, 2.75) is 44.8 Å². The van der Waals surface area contributed by atoms with Crippen LogP contribution in [0.2, 0.25) is 0 Å². The number of alkyl halides is 6. The predicted molar refractivity (Wildman–Crippen MR) is 147 cm³/mol. The van der Waals surface area contributed by atoms with E-state index in [1.807, 2.05) is 6.07 Å². The molecule has 2 aromatic carbocycles. The van der Waals surface area contributed by atoms with E-state index in [4.69, 9.17) is 0 Å². The number of benzene rings is 2. The summed E-state index contributed by atoms with van der Waals surface area (Å²) in [5.41, 5.74) is 0.406. The Balaban J connectivity index is 1.70. The maximum Gasteiger partial charge on any atom is 0.573 e. The normalized spacial score (nSPS) is 13.9. The van der Waals surface area contributed by atoms with Gasteiger partial charge in [0, 0.05) is 32.9 Å². The van der Waals surface area contributed by atoms with Gasteiger partial charge >= 0.3 is 12.5 Å². The van der Waals surface area contributed by atoms with Crippen molar-refractivity contribution in [3.8, 4) is 23.2 Å². The lowest BCUT2D eigenvalue weighted by Gasteiger charge is -2.25. The Morgan fingerprint density at radius 3 is 2.33 bits per heavy atom. The van der Waals surface area contributed by atoms with Crippen LogP contribution < -0.4 is 15.0 Å². The number of imidazole rings is 1. The Bertz CT molecular complexity index is 1650. The van der Waals surface area contributed by atoms with Crippen molar-refractivity contribution in [1.82, 2.24) is 19.5 Å². The van der Waals surface area contributed by atoms with E-state index in [0.29, 0.717) is 23.7 Å². The van der Waals surface area contributed by atoms with Crippen LogP contribution in [0.25, 0.3) is 22.6 Å². The fourth-order valence-corrected chi connectivity index (χ4v) is 4.91. The molecule has 1 aliphatic carbocycles. The number of nitrogens with zero attached hydrogens (tertiary/aromatic N) is 6. The van der Waals surface area contributed by atoms with E-state index in [0.717, 1.165) is 31.4 Å². The van der Waals surface area contributed by atoms with Crippen LogP contribution in [0.1, 0.15) is 42.6 Å². The molecule has 0 spiro atoms. The van der Waals surface area contributed by atoms with Gasteiger partial charge in [-0.05, 0) is 48.2 Å². The molecule has 0 aliphatic heterocycles. The van der Waals surface area contributed by atoms with Crippen molar-refractivity contribution >= 4 is 22.7 Å². The third-order valence-electron chi connectivity index (χ3n) is 7.34. The summed E-state index contributed by atoms with van der Waals surface area (Å²) in [7, 11) is 3.42. The first-order chi connectivity index (χ1) is 20.3. The number of hydrogen-bond donors (Lipinski definition) is 1. The van der Waals surface area contributed by atoms with Crippen LogP contribution in [0, 0.1) is 17.2 Å². The lowest BCUT2D eigenvalue weighted by Crippen LogP contribution is -2.18. The Morgan fingerprint density at radius 2 is 1.74 bits per heavy atom. The minimum atomic E-state index is -5.01. The molecule has 1 fully saturated rings. The first-order valence-electron chi connectivity index (χ1n) is 13.5. The summed E-state index contributed by atoms with van der Waals surface area (Å²) in [5.74, 6) is 0.0785. The summed E-state index contributed by atoms with van der Waals surface area (Å²) < 4.78 is 86.0. The van der Waals surface area contributed by atoms with Gasteiger partial charge in [-0.1, -0.05) is 31.4 Å². The van der Waals surface area contributed by atoms with Crippen LogP contribution >= 0.6 is 0 Å². The lowest BCUT2D eigenvalue weighted by atomic mass is 9.83. The Kier molecular flexibility index (Phi) is 8.09. The second-order valence-corrected chi connectivity index (χ2v) is 10.5. The quantitative estimate of drug-likeness (QED) is 0.206. The number of ether oxygens (including phenoxy) is 1. The van der Waals surface area contributed by atoms with Gasteiger partial charge in [0.25, 0.3) is 0 Å². The second kappa shape index (κ2) is 11.6. The average Bonchev–Trinajstić information content (AvgIpc) is 3.26. The molecule has 43 heavy (non-hydrogen) atoms. The highest BCUT2D eigenvalue weighted by molar-refractivity contribution is 5.88. The number of hydrogen-bond acceptors (Lipinski definition) is 7. The molecule has 1 saturated carbocycles. The topological polar surface area (TPSA) is 91.9 Å². The van der Waals surface area contributed by atoms with Gasteiger partial charge in [0.2, 0.25) is 5.82 Å². The first kappa shape index (κ1) is 29.9. The molecule has 8 nitrogen and oxygen atoms in total. The second-order valence-electron chi connectivity index (χ2n) is 10.5. The van der Waals surface area contributed by atoms with Crippen molar-refractivity contribution in [2.75, 3.05) is 30.9 Å². The molecule has 226 valence electrons. The minimum Gasteiger partial charge on any atom is -0.405 e. The van der Waals surface area contributed by atoms with Crippen molar-refractivity contribution in [1.29, 1.82) is 5.26 Å². The molecule has 2 aromatic heterocycles. The van der Waals surface area contributed by atoms with E-state index in [-0.39, 0.29) is 40.7 Å². The van der Waals surface area contributed by atoms with E-state index in [1.54, 1.807) is 19.0 Å². The molecule has 1 aliphatic rings. The number of nitriles is 1. The van der Waals surface area contributed by atoms with Gasteiger partial charge in [0.05, 0.1) is 11.1 Å². The number of nitrogens with one attached hydrogen (secondary N) is 1. The molecule has 4 aromatic rings. The number of anilines is 2. The molecule has 5 rings (SSSR count). The van der Waals surface area contributed by atoms with Gasteiger partial charge in [-0.2, -0.15) is 28.4 Å². The van der Waals surface area contributed by atoms with Crippen molar-refractivity contribution in [3.05, 3.63) is 59.4 Å². The Hall–Kier alpha value is -4.54.